The number of rotatable bonds is 40. The van der Waals surface area contributed by atoms with Gasteiger partial charge in [0.05, 0.1) is 0 Å². The summed E-state index contributed by atoms with van der Waals surface area (Å²) in [7, 11) is 0. The smallest absolute Gasteiger partial charge is 0.493 e. The molecule has 2 aromatic carbocycles. The van der Waals surface area contributed by atoms with Crippen molar-refractivity contribution in [3.8, 4) is 47.4 Å². The van der Waals surface area contributed by atoms with Crippen LogP contribution in [0.1, 0.15) is 345 Å². The van der Waals surface area contributed by atoms with Crippen LogP contribution in [0, 0.1) is 62.2 Å². The van der Waals surface area contributed by atoms with Gasteiger partial charge in [-0.2, -0.15) is 0 Å². The fraction of sp³-hybridized carbons (Fsp3) is 0.649. The van der Waals surface area contributed by atoms with Crippen molar-refractivity contribution in [1.82, 2.24) is 0 Å². The number of benzene rings is 2. The Bertz CT molecular complexity index is 1910. The van der Waals surface area contributed by atoms with Crippen molar-refractivity contribution < 1.29 is 21.2 Å². The molecule has 0 atom stereocenters. The molecule has 1 aliphatic rings. The van der Waals surface area contributed by atoms with Crippen LogP contribution in [-0.4, -0.2) is 4.70 Å². The summed E-state index contributed by atoms with van der Waals surface area (Å²) < 4.78 is 1.55. The monoisotopic (exact) mass is 1090 g/mol. The Morgan fingerprint density at radius 1 is 0.299 bits per heavy atom. The molecule has 0 unspecified atom stereocenters. The Labute approximate surface area is 489 Å². The third kappa shape index (κ3) is 32.8. The Morgan fingerprint density at radius 2 is 0.506 bits per heavy atom. The molecular formula is C74H114N2Ni. The van der Waals surface area contributed by atoms with E-state index in [4.69, 9.17) is 0 Å². The zero-order valence-corrected chi connectivity index (χ0v) is 52.4. The molecule has 0 saturated heterocycles. The quantitative estimate of drug-likeness (QED) is 0.0209. The number of unbranched alkanes of at least 4 members (excludes halogenated alkanes) is 34. The van der Waals surface area contributed by atoms with Crippen LogP contribution < -0.4 is 0 Å². The molecule has 0 fully saturated rings. The minimum atomic E-state index is 0. The maximum Gasteiger partial charge on any atom is 2.00 e. The average Bonchev–Trinajstić information content (AvgIpc) is 3.69. The van der Waals surface area contributed by atoms with E-state index in [0.29, 0.717) is 0 Å². The van der Waals surface area contributed by atoms with Crippen LogP contribution in [-0.2, 0) is 16.5 Å². The molecule has 1 heterocycles. The Kier molecular flexibility index (Phi) is 48.0. The Hall–Kier alpha value is -3.75. The van der Waals surface area contributed by atoms with Gasteiger partial charge in [0.1, 0.15) is 0 Å². The number of hydrogen-bond donors (Lipinski definition) is 0. The molecule has 0 N–H and O–H groups in total. The SMILES string of the molecule is CCCCCCCCCCC#Cc1cc(C#CCCCCCCCCCC)cc(C2=C(CCCC)C(CCCC)=C(c3cc(C#CCCCCCCCCCC)cc(C#CCCCCCCCCCC)c3)[N+]2=[N-])c1.[CH3-].[CH3-].[Ni+2]. The van der Waals surface area contributed by atoms with Crippen LogP contribution in [0.25, 0.3) is 16.9 Å². The molecule has 3 heteroatoms. The molecule has 2 aromatic rings. The van der Waals surface area contributed by atoms with Gasteiger partial charge in [-0.05, 0) is 87.8 Å². The first-order chi connectivity index (χ1) is 36.5. The minimum absolute atomic E-state index is 0. The van der Waals surface area contributed by atoms with E-state index in [1.54, 1.807) is 4.70 Å². The molecule has 2 nitrogen and oxygen atoms in total. The maximum absolute atomic E-state index is 12.9. The summed E-state index contributed by atoms with van der Waals surface area (Å²) in [6.07, 6.45) is 51.4. The first-order valence-electron chi connectivity index (χ1n) is 31.7. The van der Waals surface area contributed by atoms with Gasteiger partial charge >= 0.3 is 16.5 Å². The molecule has 0 aliphatic carbocycles. The third-order valence-electron chi connectivity index (χ3n) is 14.9. The van der Waals surface area contributed by atoms with Gasteiger partial charge in [0.25, 0.3) is 0 Å². The first kappa shape index (κ1) is 73.3. The molecule has 0 radical (unpaired) electrons. The molecule has 0 aromatic heterocycles. The molecule has 0 amide bonds. The van der Waals surface area contributed by atoms with Crippen molar-refractivity contribution in [2.75, 3.05) is 0 Å². The molecular weight excluding hydrogens is 976 g/mol. The summed E-state index contributed by atoms with van der Waals surface area (Å²) in [5, 5.41) is 0. The molecule has 3 rings (SSSR count). The summed E-state index contributed by atoms with van der Waals surface area (Å²) >= 11 is 0. The van der Waals surface area contributed by atoms with Gasteiger partial charge in [0, 0.05) is 70.2 Å². The Morgan fingerprint density at radius 3 is 0.727 bits per heavy atom. The van der Waals surface area contributed by atoms with Crippen molar-refractivity contribution in [1.29, 1.82) is 0 Å². The van der Waals surface area contributed by atoms with Crippen LogP contribution in [0.4, 0.5) is 0 Å². The van der Waals surface area contributed by atoms with Crippen LogP contribution in [0.2, 0.25) is 0 Å². The molecule has 0 bridgehead atoms. The van der Waals surface area contributed by atoms with Crippen molar-refractivity contribution in [3.05, 3.63) is 101 Å². The van der Waals surface area contributed by atoms with Crippen LogP contribution in [0.3, 0.4) is 0 Å². The average molecular weight is 1090 g/mol. The van der Waals surface area contributed by atoms with Gasteiger partial charge in [0.15, 0.2) is 0 Å². The van der Waals surface area contributed by atoms with Gasteiger partial charge in [-0.15, -0.1) is 0 Å². The second-order valence-corrected chi connectivity index (χ2v) is 21.9. The number of nitrogens with zero attached hydrogens (tertiary/aromatic N) is 2. The molecule has 430 valence electrons. The van der Waals surface area contributed by atoms with Crippen LogP contribution in [0.15, 0.2) is 47.5 Å². The van der Waals surface area contributed by atoms with Gasteiger partial charge in [0.2, 0.25) is 11.4 Å². The van der Waals surface area contributed by atoms with Gasteiger partial charge < -0.3 is 20.4 Å². The predicted octanol–water partition coefficient (Wildman–Crippen LogP) is 23.7. The molecule has 0 saturated carbocycles. The fourth-order valence-electron chi connectivity index (χ4n) is 10.4. The largest absolute Gasteiger partial charge is 2.00 e. The summed E-state index contributed by atoms with van der Waals surface area (Å²) in [6.45, 7) is 13.7. The van der Waals surface area contributed by atoms with E-state index in [-0.39, 0.29) is 31.3 Å². The zero-order valence-electron chi connectivity index (χ0n) is 51.4. The number of hydrogen-bond acceptors (Lipinski definition) is 0. The number of allylic oxidation sites excluding steroid dienone is 2. The van der Waals surface area contributed by atoms with Crippen molar-refractivity contribution in [2.24, 2.45) is 0 Å². The van der Waals surface area contributed by atoms with Crippen molar-refractivity contribution in [2.45, 2.75) is 311 Å². The van der Waals surface area contributed by atoms with E-state index in [1.165, 1.54) is 191 Å². The van der Waals surface area contributed by atoms with E-state index in [1.807, 2.05) is 0 Å². The van der Waals surface area contributed by atoms with E-state index in [0.717, 1.165) is 135 Å². The molecule has 1 aliphatic heterocycles. The van der Waals surface area contributed by atoms with E-state index >= 15 is 0 Å². The second-order valence-electron chi connectivity index (χ2n) is 21.9. The zero-order chi connectivity index (χ0) is 52.9. The van der Waals surface area contributed by atoms with Crippen molar-refractivity contribution >= 4 is 11.4 Å². The summed E-state index contributed by atoms with van der Waals surface area (Å²) in [5.41, 5.74) is 23.1. The molecule has 77 heavy (non-hydrogen) atoms. The van der Waals surface area contributed by atoms with Gasteiger partial charge in [-0.25, -0.2) is 4.70 Å². The maximum atomic E-state index is 12.9. The van der Waals surface area contributed by atoms with Crippen LogP contribution >= 0.6 is 0 Å². The summed E-state index contributed by atoms with van der Waals surface area (Å²) in [5.74, 6) is 28.6. The van der Waals surface area contributed by atoms with Gasteiger partial charge in [-0.3, -0.25) is 0 Å². The van der Waals surface area contributed by atoms with E-state index in [9.17, 15) is 5.53 Å². The summed E-state index contributed by atoms with van der Waals surface area (Å²) in [4.78, 5) is 0. The summed E-state index contributed by atoms with van der Waals surface area (Å²) in [6, 6.07) is 13.3. The third-order valence-corrected chi connectivity index (χ3v) is 14.9. The predicted molar refractivity (Wildman–Crippen MR) is 339 cm³/mol. The fourth-order valence-corrected chi connectivity index (χ4v) is 10.4. The minimum Gasteiger partial charge on any atom is -0.493 e. The topological polar surface area (TPSA) is 25.3 Å². The normalized spacial score (nSPS) is 11.6. The molecule has 0 spiro atoms. The Balaban J connectivity index is 0.0000193. The van der Waals surface area contributed by atoms with Crippen LogP contribution in [0.5, 0.6) is 0 Å². The van der Waals surface area contributed by atoms with Gasteiger partial charge in [-0.1, -0.05) is 282 Å². The standard InChI is InChI=1S/C72H108N2.2CH3.Ni/c1-7-13-19-23-27-31-35-39-43-47-51-63-57-64(52-48-44-40-36-32-28-24-20-14-8-2)60-67(59-63)71-69(55-17-11-5)70(56-18-12-6)72(74(71)73)68-61-65(53-49-45-41-37-33-29-25-21-15-9-3)58-66(62-68)54-50-46-42-38-34-30-26-22-16-10-4;;;/h57-62H,7-46,55-56H2,1-6H3;2*1H3;/q;2*-1;+2. The van der Waals surface area contributed by atoms with Crippen molar-refractivity contribution in [3.63, 3.8) is 0 Å². The van der Waals surface area contributed by atoms with E-state index in [2.05, 4.69) is 125 Å². The second kappa shape index (κ2) is 50.5. The van der Waals surface area contributed by atoms with E-state index < -0.39 is 0 Å². The first-order valence-corrected chi connectivity index (χ1v) is 31.7.